The second-order valence-electron chi connectivity index (χ2n) is 6.43. The number of carbonyl (C=O) groups is 2. The van der Waals surface area contributed by atoms with E-state index in [-0.39, 0.29) is 21.3 Å². The number of nitrogens with one attached hydrogen (secondary N) is 2. The van der Waals surface area contributed by atoms with Gasteiger partial charge in [0.15, 0.2) is 0 Å². The summed E-state index contributed by atoms with van der Waals surface area (Å²) >= 11 is 0. The van der Waals surface area contributed by atoms with Crippen molar-refractivity contribution in [3.05, 3.63) is 54.1 Å². The summed E-state index contributed by atoms with van der Waals surface area (Å²) in [5.41, 5.74) is 0.521. The van der Waals surface area contributed by atoms with Crippen molar-refractivity contribution in [2.45, 2.75) is 23.1 Å². The van der Waals surface area contributed by atoms with Crippen LogP contribution in [0.15, 0.2) is 58.3 Å². The van der Waals surface area contributed by atoms with Crippen LogP contribution in [0.1, 0.15) is 23.7 Å². The largest absolute Gasteiger partial charge is 0.326 e. The predicted octanol–water partition coefficient (Wildman–Crippen LogP) is 1.16. The minimum Gasteiger partial charge on any atom is -0.326 e. The Labute approximate surface area is 168 Å². The second kappa shape index (κ2) is 7.93. The lowest BCUT2D eigenvalue weighted by atomic mass is 10.2. The Morgan fingerprint density at radius 1 is 0.931 bits per heavy atom. The lowest BCUT2D eigenvalue weighted by molar-refractivity contribution is -0.114. The van der Waals surface area contributed by atoms with Crippen molar-refractivity contribution in [1.29, 1.82) is 0 Å². The molecule has 2 N–H and O–H groups in total. The molecule has 2 aromatic carbocycles. The molecule has 0 unspecified atom stereocenters. The van der Waals surface area contributed by atoms with Gasteiger partial charge in [-0.2, -0.15) is 4.31 Å². The molecule has 1 aliphatic heterocycles. The Balaban J connectivity index is 1.79. The van der Waals surface area contributed by atoms with E-state index in [9.17, 15) is 26.4 Å². The van der Waals surface area contributed by atoms with Crippen molar-refractivity contribution in [2.75, 3.05) is 18.4 Å². The highest BCUT2D eigenvalue weighted by Gasteiger charge is 2.30. The van der Waals surface area contributed by atoms with E-state index in [1.807, 2.05) is 4.72 Å². The van der Waals surface area contributed by atoms with E-state index in [0.29, 0.717) is 18.8 Å². The topological polar surface area (TPSA) is 130 Å². The number of anilines is 1. The van der Waals surface area contributed by atoms with E-state index in [1.165, 1.54) is 53.7 Å². The van der Waals surface area contributed by atoms with Gasteiger partial charge in [0.05, 0.1) is 9.79 Å². The number of carbonyl (C=O) groups excluding carboxylic acids is 2. The van der Waals surface area contributed by atoms with Crippen molar-refractivity contribution >= 4 is 37.5 Å². The molecule has 3 rings (SSSR count). The lowest BCUT2D eigenvalue weighted by Crippen LogP contribution is -2.42. The molecule has 11 heteroatoms. The summed E-state index contributed by atoms with van der Waals surface area (Å²) in [6, 6.07) is 10.5. The average Bonchev–Trinajstić information content (AvgIpc) is 2.59. The van der Waals surface area contributed by atoms with Crippen LogP contribution in [0.4, 0.5) is 5.69 Å². The van der Waals surface area contributed by atoms with Crippen molar-refractivity contribution < 1.29 is 26.4 Å². The molecule has 0 radical (unpaired) electrons. The second-order valence-corrected chi connectivity index (χ2v) is 10.0. The molecular weight excluding hydrogens is 418 g/mol. The van der Waals surface area contributed by atoms with E-state index < -0.39 is 26.0 Å². The minimum atomic E-state index is -4.29. The molecule has 1 fully saturated rings. The molecule has 0 saturated carbocycles. The molecule has 1 heterocycles. The molecule has 0 aliphatic carbocycles. The summed E-state index contributed by atoms with van der Waals surface area (Å²) in [6.45, 7) is 2.12. The maximum Gasteiger partial charge on any atom is 0.264 e. The van der Waals surface area contributed by atoms with Gasteiger partial charge in [0, 0.05) is 31.3 Å². The quantitative estimate of drug-likeness (QED) is 0.698. The Kier molecular flexibility index (Phi) is 5.73. The summed E-state index contributed by atoms with van der Waals surface area (Å²) in [7, 11) is -8.04. The number of benzene rings is 2. The highest BCUT2D eigenvalue weighted by Crippen LogP contribution is 2.23. The van der Waals surface area contributed by atoms with Gasteiger partial charge in [0.1, 0.15) is 0 Å². The van der Waals surface area contributed by atoms with E-state index in [4.69, 9.17) is 0 Å². The predicted molar refractivity (Wildman–Crippen MR) is 105 cm³/mol. The van der Waals surface area contributed by atoms with Crippen LogP contribution < -0.4 is 10.0 Å². The number of nitrogens with zero attached hydrogens (tertiary/aromatic N) is 1. The van der Waals surface area contributed by atoms with Gasteiger partial charge in [0.2, 0.25) is 15.9 Å². The fourth-order valence-electron chi connectivity index (χ4n) is 2.63. The zero-order chi connectivity index (χ0) is 21.2. The van der Waals surface area contributed by atoms with E-state index in [1.54, 1.807) is 0 Å². The molecule has 0 bridgehead atoms. The monoisotopic (exact) mass is 437 g/mol. The molecule has 0 aromatic heterocycles. The Morgan fingerprint density at radius 3 is 2.10 bits per heavy atom. The number of sulfonamides is 2. The van der Waals surface area contributed by atoms with Crippen LogP contribution in [0.25, 0.3) is 0 Å². The van der Waals surface area contributed by atoms with Crippen LogP contribution in [0, 0.1) is 0 Å². The maximum absolute atomic E-state index is 12.6. The Hall–Kier alpha value is -2.76. The zero-order valence-electron chi connectivity index (χ0n) is 15.5. The molecule has 9 nitrogen and oxygen atoms in total. The maximum atomic E-state index is 12.6. The number of amides is 2. The molecule has 1 saturated heterocycles. The highest BCUT2D eigenvalue weighted by atomic mass is 32.2. The lowest BCUT2D eigenvalue weighted by Gasteiger charge is -2.29. The fourth-order valence-corrected chi connectivity index (χ4v) is 5.28. The first-order valence-electron chi connectivity index (χ1n) is 8.65. The normalized spacial score (nSPS) is 14.7. The van der Waals surface area contributed by atoms with Gasteiger partial charge in [-0.15, -0.1) is 0 Å². The molecule has 0 atom stereocenters. The molecule has 154 valence electrons. The smallest absolute Gasteiger partial charge is 0.264 e. The molecule has 2 aromatic rings. The summed E-state index contributed by atoms with van der Waals surface area (Å²) in [5, 5.41) is 2.53. The summed E-state index contributed by atoms with van der Waals surface area (Å²) in [4.78, 5) is 22.9. The number of hydrogen-bond acceptors (Lipinski definition) is 6. The van der Waals surface area contributed by atoms with Gasteiger partial charge < -0.3 is 5.32 Å². The zero-order valence-corrected chi connectivity index (χ0v) is 17.1. The van der Waals surface area contributed by atoms with Gasteiger partial charge in [-0.3, -0.25) is 9.59 Å². The Bertz CT molecular complexity index is 1150. The average molecular weight is 437 g/mol. The number of hydrogen-bond donors (Lipinski definition) is 2. The van der Waals surface area contributed by atoms with Gasteiger partial charge >= 0.3 is 0 Å². The third-order valence-corrected chi connectivity index (χ3v) is 7.49. The molecular formula is C18H19N3O6S2. The molecule has 2 amide bonds. The van der Waals surface area contributed by atoms with Gasteiger partial charge in [0.25, 0.3) is 15.9 Å². The number of rotatable bonds is 6. The first-order chi connectivity index (χ1) is 13.6. The van der Waals surface area contributed by atoms with Crippen molar-refractivity contribution in [3.8, 4) is 0 Å². The third-order valence-electron chi connectivity index (χ3n) is 4.26. The van der Waals surface area contributed by atoms with Crippen LogP contribution in [0.2, 0.25) is 0 Å². The third kappa shape index (κ3) is 4.63. The van der Waals surface area contributed by atoms with Gasteiger partial charge in [-0.05, 0) is 48.9 Å². The van der Waals surface area contributed by atoms with Crippen molar-refractivity contribution in [2.24, 2.45) is 0 Å². The first kappa shape index (κ1) is 21.0. The fraction of sp³-hybridized carbons (Fsp3) is 0.222. The highest BCUT2D eigenvalue weighted by molar-refractivity contribution is 7.90. The first-order valence-corrected chi connectivity index (χ1v) is 11.6. The van der Waals surface area contributed by atoms with Gasteiger partial charge in [-0.25, -0.2) is 21.6 Å². The minimum absolute atomic E-state index is 0.0621. The summed E-state index contributed by atoms with van der Waals surface area (Å²) < 4.78 is 53.2. The summed E-state index contributed by atoms with van der Waals surface area (Å²) in [5.74, 6) is -1.16. The van der Waals surface area contributed by atoms with E-state index >= 15 is 0 Å². The SMILES string of the molecule is CC(=O)Nc1ccc(C(=O)NS(=O)(=O)c2cccc(S(=O)(=O)N3CCC3)c2)cc1. The van der Waals surface area contributed by atoms with Crippen LogP contribution >= 0.6 is 0 Å². The molecule has 1 aliphatic rings. The van der Waals surface area contributed by atoms with Crippen LogP contribution in [-0.2, 0) is 24.8 Å². The standard InChI is InChI=1S/C18H19N3O6S2/c1-13(22)19-15-8-6-14(7-9-15)18(23)20-28(24,25)16-4-2-5-17(12-16)29(26,27)21-10-3-11-21/h2,4-9,12H,3,10-11H2,1H3,(H,19,22)(H,20,23). The van der Waals surface area contributed by atoms with E-state index in [0.717, 1.165) is 12.5 Å². The van der Waals surface area contributed by atoms with Crippen molar-refractivity contribution in [3.63, 3.8) is 0 Å². The van der Waals surface area contributed by atoms with Crippen LogP contribution in [0.3, 0.4) is 0 Å². The van der Waals surface area contributed by atoms with E-state index in [2.05, 4.69) is 5.32 Å². The van der Waals surface area contributed by atoms with Crippen LogP contribution in [0.5, 0.6) is 0 Å². The molecule has 0 spiro atoms. The summed E-state index contributed by atoms with van der Waals surface area (Å²) in [6.07, 6.45) is 0.758. The molecule has 29 heavy (non-hydrogen) atoms. The van der Waals surface area contributed by atoms with Gasteiger partial charge in [-0.1, -0.05) is 6.07 Å². The Morgan fingerprint density at radius 2 is 1.55 bits per heavy atom. The van der Waals surface area contributed by atoms with Crippen molar-refractivity contribution in [1.82, 2.24) is 9.03 Å². The van der Waals surface area contributed by atoms with Crippen LogP contribution in [-0.4, -0.2) is 46.0 Å².